The number of fused-ring (bicyclic) bond motifs is 1. The van der Waals surface area contributed by atoms with E-state index in [4.69, 9.17) is 18.6 Å². The molecular formula is C25H24FNO7. The summed E-state index contributed by atoms with van der Waals surface area (Å²) in [7, 11) is 1.47. The van der Waals surface area contributed by atoms with Gasteiger partial charge in [0.25, 0.3) is 0 Å². The number of ether oxygens (including phenoxy) is 3. The van der Waals surface area contributed by atoms with Crippen molar-refractivity contribution in [2.45, 2.75) is 25.7 Å². The smallest absolute Gasteiger partial charge is 0.343 e. The summed E-state index contributed by atoms with van der Waals surface area (Å²) in [6, 6.07) is 10.7. The zero-order valence-electron chi connectivity index (χ0n) is 18.7. The summed E-state index contributed by atoms with van der Waals surface area (Å²) in [5.74, 6) is -0.323. The number of amides is 1. The zero-order chi connectivity index (χ0) is 24.2. The maximum absolute atomic E-state index is 13.1. The van der Waals surface area contributed by atoms with Crippen molar-refractivity contribution in [3.63, 3.8) is 0 Å². The third-order valence-electron chi connectivity index (χ3n) is 5.56. The SMILES string of the molecule is COc1cc([C@H](CC(=O)NCCc2ccc(F)cc2)c2c(O)cc(C)oc2=O)cc2c1OCO2. The number of aromatic hydroxyl groups is 1. The van der Waals surface area contributed by atoms with Crippen molar-refractivity contribution in [3.8, 4) is 23.0 Å². The van der Waals surface area contributed by atoms with Crippen molar-refractivity contribution in [3.05, 3.63) is 81.2 Å². The minimum absolute atomic E-state index is 0.0155. The third-order valence-corrected chi connectivity index (χ3v) is 5.56. The van der Waals surface area contributed by atoms with Gasteiger partial charge in [0.15, 0.2) is 11.5 Å². The largest absolute Gasteiger partial charge is 0.507 e. The van der Waals surface area contributed by atoms with Crippen LogP contribution in [-0.4, -0.2) is 31.5 Å². The number of hydrogen-bond donors (Lipinski definition) is 2. The summed E-state index contributed by atoms with van der Waals surface area (Å²) in [4.78, 5) is 25.5. The standard InChI is InChI=1S/C25H24FNO7/c1-14-9-19(28)23(25(30)34-14)18(16-10-20(31-2)24-21(11-16)32-13-33-24)12-22(29)27-8-7-15-3-5-17(26)6-4-15/h3-6,9-11,18,28H,7-8,12-13H2,1-2H3,(H,27,29)/t18-/m0/s1. The molecule has 34 heavy (non-hydrogen) atoms. The molecule has 0 radical (unpaired) electrons. The molecule has 3 aromatic rings. The number of benzene rings is 2. The minimum Gasteiger partial charge on any atom is -0.507 e. The van der Waals surface area contributed by atoms with Gasteiger partial charge in [-0.25, -0.2) is 9.18 Å². The van der Waals surface area contributed by atoms with E-state index in [2.05, 4.69) is 5.32 Å². The molecule has 2 heterocycles. The van der Waals surface area contributed by atoms with E-state index in [-0.39, 0.29) is 42.0 Å². The molecular weight excluding hydrogens is 445 g/mol. The van der Waals surface area contributed by atoms with Crippen LogP contribution in [0.1, 0.15) is 34.8 Å². The Labute approximate surface area is 194 Å². The second-order valence-corrected chi connectivity index (χ2v) is 7.88. The summed E-state index contributed by atoms with van der Waals surface area (Å²) < 4.78 is 34.6. The molecule has 0 saturated carbocycles. The minimum atomic E-state index is -0.842. The van der Waals surface area contributed by atoms with Crippen LogP contribution in [0.15, 0.2) is 51.7 Å². The summed E-state index contributed by atoms with van der Waals surface area (Å²) in [5, 5.41) is 13.4. The molecule has 0 bridgehead atoms. The lowest BCUT2D eigenvalue weighted by Gasteiger charge is -2.19. The highest BCUT2D eigenvalue weighted by atomic mass is 19.1. The number of nitrogens with one attached hydrogen (secondary N) is 1. The highest BCUT2D eigenvalue weighted by Gasteiger charge is 2.29. The predicted molar refractivity (Wildman–Crippen MR) is 120 cm³/mol. The number of halogens is 1. The van der Waals surface area contributed by atoms with Gasteiger partial charge in [0.05, 0.1) is 12.7 Å². The van der Waals surface area contributed by atoms with E-state index in [1.165, 1.54) is 25.3 Å². The molecule has 8 nitrogen and oxygen atoms in total. The Morgan fingerprint density at radius 2 is 1.97 bits per heavy atom. The van der Waals surface area contributed by atoms with Gasteiger partial charge in [-0.1, -0.05) is 12.1 Å². The molecule has 1 aliphatic heterocycles. The lowest BCUT2D eigenvalue weighted by molar-refractivity contribution is -0.121. The Kier molecular flexibility index (Phi) is 6.72. The monoisotopic (exact) mass is 469 g/mol. The van der Waals surface area contributed by atoms with E-state index in [1.54, 1.807) is 31.2 Å². The summed E-state index contributed by atoms with van der Waals surface area (Å²) in [6.45, 7) is 1.88. The van der Waals surface area contributed by atoms with Crippen LogP contribution in [0.4, 0.5) is 4.39 Å². The Morgan fingerprint density at radius 3 is 2.68 bits per heavy atom. The van der Waals surface area contributed by atoms with Gasteiger partial charge < -0.3 is 29.1 Å². The fourth-order valence-corrected chi connectivity index (χ4v) is 3.92. The maximum Gasteiger partial charge on any atom is 0.343 e. The first kappa shape index (κ1) is 23.2. The molecule has 178 valence electrons. The van der Waals surface area contributed by atoms with Crippen molar-refractivity contribution in [2.24, 2.45) is 0 Å². The number of carbonyl (C=O) groups is 1. The number of carbonyl (C=O) groups excluding carboxylic acids is 1. The zero-order valence-corrected chi connectivity index (χ0v) is 18.7. The molecule has 1 aliphatic rings. The number of rotatable bonds is 8. The molecule has 0 saturated heterocycles. The Bertz CT molecular complexity index is 1250. The van der Waals surface area contributed by atoms with E-state index >= 15 is 0 Å². The molecule has 0 unspecified atom stereocenters. The first-order valence-electron chi connectivity index (χ1n) is 10.7. The molecule has 0 fully saturated rings. The average molecular weight is 469 g/mol. The van der Waals surface area contributed by atoms with Crippen LogP contribution in [0.5, 0.6) is 23.0 Å². The van der Waals surface area contributed by atoms with Crippen LogP contribution < -0.4 is 25.2 Å². The molecule has 9 heteroatoms. The maximum atomic E-state index is 13.1. The molecule has 0 spiro atoms. The van der Waals surface area contributed by atoms with Crippen molar-refractivity contribution >= 4 is 5.91 Å². The van der Waals surface area contributed by atoms with Gasteiger partial charge in [-0.2, -0.15) is 0 Å². The molecule has 2 aromatic carbocycles. The summed E-state index contributed by atoms with van der Waals surface area (Å²) in [6.07, 6.45) is 0.361. The van der Waals surface area contributed by atoms with E-state index in [0.717, 1.165) is 5.56 Å². The first-order chi connectivity index (χ1) is 16.4. The molecule has 1 aromatic heterocycles. The van der Waals surface area contributed by atoms with Crippen LogP contribution >= 0.6 is 0 Å². The van der Waals surface area contributed by atoms with Crippen molar-refractivity contribution in [2.75, 3.05) is 20.4 Å². The molecule has 4 rings (SSSR count). The van der Waals surface area contributed by atoms with Gasteiger partial charge in [-0.05, 0) is 48.7 Å². The Hall–Kier alpha value is -4.01. The van der Waals surface area contributed by atoms with Crippen molar-refractivity contribution in [1.82, 2.24) is 5.32 Å². The van der Waals surface area contributed by atoms with Crippen molar-refractivity contribution < 1.29 is 32.9 Å². The van der Waals surface area contributed by atoms with Crippen LogP contribution in [-0.2, 0) is 11.2 Å². The van der Waals surface area contributed by atoms with Crippen LogP contribution in [0, 0.1) is 12.7 Å². The molecule has 0 aliphatic carbocycles. The topological polar surface area (TPSA) is 107 Å². The number of hydrogen-bond acceptors (Lipinski definition) is 7. The van der Waals surface area contributed by atoms with Crippen LogP contribution in [0.25, 0.3) is 0 Å². The quantitative estimate of drug-likeness (QED) is 0.521. The fraction of sp³-hybridized carbons (Fsp3) is 0.280. The normalized spacial score (nSPS) is 12.9. The second-order valence-electron chi connectivity index (χ2n) is 7.88. The second kappa shape index (κ2) is 9.86. The molecule has 2 N–H and O–H groups in total. The lowest BCUT2D eigenvalue weighted by atomic mass is 9.88. The average Bonchev–Trinajstić information content (AvgIpc) is 3.27. The van der Waals surface area contributed by atoms with Gasteiger partial charge in [0.1, 0.15) is 17.3 Å². The summed E-state index contributed by atoms with van der Waals surface area (Å²) in [5.41, 5.74) is 0.607. The Morgan fingerprint density at radius 1 is 1.21 bits per heavy atom. The number of aryl methyl sites for hydroxylation is 1. The van der Waals surface area contributed by atoms with Gasteiger partial charge in [0, 0.05) is 24.9 Å². The van der Waals surface area contributed by atoms with Gasteiger partial charge >= 0.3 is 5.63 Å². The molecule has 1 amide bonds. The van der Waals surface area contributed by atoms with E-state index in [9.17, 15) is 19.1 Å². The first-order valence-corrected chi connectivity index (χ1v) is 10.7. The third kappa shape index (κ3) is 4.98. The molecule has 1 atom stereocenters. The highest BCUT2D eigenvalue weighted by Crippen LogP contribution is 2.45. The fourth-order valence-electron chi connectivity index (χ4n) is 3.92. The van der Waals surface area contributed by atoms with Gasteiger partial charge in [-0.15, -0.1) is 0 Å². The highest BCUT2D eigenvalue weighted by molar-refractivity contribution is 5.78. The number of methoxy groups -OCH3 is 1. The van der Waals surface area contributed by atoms with Gasteiger partial charge in [-0.3, -0.25) is 4.79 Å². The van der Waals surface area contributed by atoms with Crippen LogP contribution in [0.2, 0.25) is 0 Å². The van der Waals surface area contributed by atoms with Crippen molar-refractivity contribution in [1.29, 1.82) is 0 Å². The van der Waals surface area contributed by atoms with E-state index < -0.39 is 11.5 Å². The lowest BCUT2D eigenvalue weighted by Crippen LogP contribution is -2.28. The van der Waals surface area contributed by atoms with E-state index in [1.807, 2.05) is 0 Å². The van der Waals surface area contributed by atoms with Gasteiger partial charge in [0.2, 0.25) is 18.4 Å². The van der Waals surface area contributed by atoms with Crippen LogP contribution in [0.3, 0.4) is 0 Å². The van der Waals surface area contributed by atoms with E-state index in [0.29, 0.717) is 35.8 Å². The summed E-state index contributed by atoms with van der Waals surface area (Å²) >= 11 is 0. The Balaban J connectivity index is 1.61. The predicted octanol–water partition coefficient (Wildman–Crippen LogP) is 3.41.